The van der Waals surface area contributed by atoms with Crippen LogP contribution in [0.3, 0.4) is 0 Å². The number of rotatable bonds is 4. The van der Waals surface area contributed by atoms with Crippen LogP contribution >= 0.6 is 0 Å². The molecule has 0 aliphatic carbocycles. The lowest BCUT2D eigenvalue weighted by molar-refractivity contribution is -0.132. The number of aromatic nitrogens is 3. The van der Waals surface area contributed by atoms with Gasteiger partial charge in [0.25, 0.3) is 0 Å². The van der Waals surface area contributed by atoms with Crippen LogP contribution < -0.4 is 5.73 Å². The Morgan fingerprint density at radius 2 is 2.59 bits per heavy atom. The number of carbonyl (C=O) groups excluding carboxylic acids is 1. The van der Waals surface area contributed by atoms with Crippen LogP contribution in [0.25, 0.3) is 0 Å². The molecule has 94 valence electrons. The molecule has 7 nitrogen and oxygen atoms in total. The van der Waals surface area contributed by atoms with E-state index in [9.17, 15) is 4.79 Å². The zero-order chi connectivity index (χ0) is 12.3. The van der Waals surface area contributed by atoms with Gasteiger partial charge in [0.15, 0.2) is 0 Å². The van der Waals surface area contributed by atoms with Crippen molar-refractivity contribution in [1.29, 1.82) is 0 Å². The zero-order valence-corrected chi connectivity index (χ0v) is 9.87. The molecule has 1 aliphatic rings. The van der Waals surface area contributed by atoms with Crippen molar-refractivity contribution in [3.8, 4) is 0 Å². The van der Waals surface area contributed by atoms with E-state index in [0.29, 0.717) is 18.8 Å². The second kappa shape index (κ2) is 5.24. The minimum absolute atomic E-state index is 0.00831. The van der Waals surface area contributed by atoms with Crippen LogP contribution in [0.1, 0.15) is 12.1 Å². The third-order valence-electron chi connectivity index (χ3n) is 2.94. The van der Waals surface area contributed by atoms with E-state index in [1.54, 1.807) is 18.1 Å². The standard InChI is InChI=1S/C10H17N5O2/c1-14(9-2-3-17-7-9)10(16)6-15-5-8(4-11)12-13-15/h5,9H,2-4,6-7,11H2,1H3. The minimum Gasteiger partial charge on any atom is -0.379 e. The average molecular weight is 239 g/mol. The van der Waals surface area contributed by atoms with Gasteiger partial charge in [-0.2, -0.15) is 0 Å². The molecule has 0 spiro atoms. The molecule has 0 saturated carbocycles. The number of hydrogen-bond donors (Lipinski definition) is 1. The maximum Gasteiger partial charge on any atom is 0.244 e. The van der Waals surface area contributed by atoms with Gasteiger partial charge < -0.3 is 15.4 Å². The first-order valence-electron chi connectivity index (χ1n) is 5.63. The molecular formula is C10H17N5O2. The van der Waals surface area contributed by atoms with Gasteiger partial charge in [0.1, 0.15) is 6.54 Å². The molecule has 1 saturated heterocycles. The van der Waals surface area contributed by atoms with Gasteiger partial charge in [-0.1, -0.05) is 5.21 Å². The molecule has 1 aliphatic heterocycles. The summed E-state index contributed by atoms with van der Waals surface area (Å²) in [7, 11) is 1.79. The summed E-state index contributed by atoms with van der Waals surface area (Å²) in [6.07, 6.45) is 2.59. The Kier molecular flexibility index (Phi) is 3.70. The van der Waals surface area contributed by atoms with Gasteiger partial charge >= 0.3 is 0 Å². The van der Waals surface area contributed by atoms with Crippen molar-refractivity contribution in [1.82, 2.24) is 19.9 Å². The molecule has 0 radical (unpaired) electrons. The molecule has 1 atom stereocenters. The highest BCUT2D eigenvalue weighted by molar-refractivity contribution is 5.76. The van der Waals surface area contributed by atoms with Crippen LogP contribution in [0.15, 0.2) is 6.20 Å². The van der Waals surface area contributed by atoms with Gasteiger partial charge in [0, 0.05) is 20.2 Å². The first-order chi connectivity index (χ1) is 8.20. The number of ether oxygens (including phenoxy) is 1. The predicted molar refractivity (Wildman–Crippen MR) is 59.9 cm³/mol. The largest absolute Gasteiger partial charge is 0.379 e. The van der Waals surface area contributed by atoms with Crippen LogP contribution in [0.5, 0.6) is 0 Å². The molecule has 2 heterocycles. The number of nitrogens with two attached hydrogens (primary N) is 1. The fraction of sp³-hybridized carbons (Fsp3) is 0.700. The van der Waals surface area contributed by atoms with Crippen molar-refractivity contribution in [3.63, 3.8) is 0 Å². The molecule has 1 aromatic rings. The van der Waals surface area contributed by atoms with E-state index in [4.69, 9.17) is 10.5 Å². The molecule has 17 heavy (non-hydrogen) atoms. The molecule has 1 unspecified atom stereocenters. The third kappa shape index (κ3) is 2.80. The lowest BCUT2D eigenvalue weighted by Gasteiger charge is -2.22. The van der Waals surface area contributed by atoms with Crippen molar-refractivity contribution in [2.24, 2.45) is 5.73 Å². The Balaban J connectivity index is 1.91. The third-order valence-corrected chi connectivity index (χ3v) is 2.94. The molecule has 7 heteroatoms. The normalized spacial score (nSPS) is 19.5. The second-order valence-electron chi connectivity index (χ2n) is 4.13. The Hall–Kier alpha value is -1.47. The Morgan fingerprint density at radius 1 is 1.76 bits per heavy atom. The maximum atomic E-state index is 11.9. The van der Waals surface area contributed by atoms with Gasteiger partial charge in [0.2, 0.25) is 5.91 Å². The molecule has 2 N–H and O–H groups in total. The van der Waals surface area contributed by atoms with Gasteiger partial charge in [-0.3, -0.25) is 4.79 Å². The molecule has 0 bridgehead atoms. The van der Waals surface area contributed by atoms with Gasteiger partial charge in [-0.15, -0.1) is 5.10 Å². The summed E-state index contributed by atoms with van der Waals surface area (Å²) < 4.78 is 6.77. The predicted octanol–water partition coefficient (Wildman–Crippen LogP) is -1.02. The molecule has 0 aromatic carbocycles. The SMILES string of the molecule is CN(C(=O)Cn1cc(CN)nn1)C1CCOC1. The highest BCUT2D eigenvalue weighted by Gasteiger charge is 2.24. The van der Waals surface area contributed by atoms with E-state index in [2.05, 4.69) is 10.3 Å². The molecule has 1 fully saturated rings. The highest BCUT2D eigenvalue weighted by Crippen LogP contribution is 2.11. The highest BCUT2D eigenvalue weighted by atomic mass is 16.5. The summed E-state index contributed by atoms with van der Waals surface area (Å²) in [6.45, 7) is 1.87. The van der Waals surface area contributed by atoms with E-state index in [-0.39, 0.29) is 18.5 Å². The number of hydrogen-bond acceptors (Lipinski definition) is 5. The van der Waals surface area contributed by atoms with Crippen LogP contribution in [0.2, 0.25) is 0 Å². The minimum atomic E-state index is 0.00831. The van der Waals surface area contributed by atoms with Crippen molar-refractivity contribution < 1.29 is 9.53 Å². The summed E-state index contributed by atoms with van der Waals surface area (Å²) >= 11 is 0. The Labute approximate surface area is 99.5 Å². The van der Waals surface area contributed by atoms with E-state index >= 15 is 0 Å². The van der Waals surface area contributed by atoms with E-state index < -0.39 is 0 Å². The quantitative estimate of drug-likeness (QED) is 0.727. The van der Waals surface area contributed by atoms with Crippen molar-refractivity contribution in [2.45, 2.75) is 25.6 Å². The van der Waals surface area contributed by atoms with Crippen LogP contribution in [0.4, 0.5) is 0 Å². The fourth-order valence-corrected chi connectivity index (χ4v) is 1.79. The number of nitrogens with zero attached hydrogens (tertiary/aromatic N) is 4. The zero-order valence-electron chi connectivity index (χ0n) is 9.87. The van der Waals surface area contributed by atoms with Crippen LogP contribution in [-0.2, 0) is 22.6 Å². The van der Waals surface area contributed by atoms with Crippen LogP contribution in [0, 0.1) is 0 Å². The van der Waals surface area contributed by atoms with E-state index in [1.165, 1.54) is 4.68 Å². The first-order valence-corrected chi connectivity index (χ1v) is 5.63. The van der Waals surface area contributed by atoms with Crippen LogP contribution in [-0.4, -0.2) is 52.1 Å². The summed E-state index contributed by atoms with van der Waals surface area (Å²) in [4.78, 5) is 13.7. The van der Waals surface area contributed by atoms with Gasteiger partial charge in [-0.05, 0) is 6.42 Å². The molecule has 1 amide bonds. The fourth-order valence-electron chi connectivity index (χ4n) is 1.79. The molecule has 1 aromatic heterocycles. The maximum absolute atomic E-state index is 11.9. The number of carbonyl (C=O) groups is 1. The summed E-state index contributed by atoms with van der Waals surface area (Å²) in [5.41, 5.74) is 6.11. The lowest BCUT2D eigenvalue weighted by atomic mass is 10.2. The second-order valence-corrected chi connectivity index (χ2v) is 4.13. The van der Waals surface area contributed by atoms with E-state index in [1.807, 2.05) is 0 Å². The summed E-state index contributed by atoms with van der Waals surface area (Å²) in [5.74, 6) is 0.00831. The summed E-state index contributed by atoms with van der Waals surface area (Å²) in [5, 5.41) is 7.68. The number of amides is 1. The Morgan fingerprint density at radius 3 is 3.18 bits per heavy atom. The first kappa shape index (κ1) is 12.0. The van der Waals surface area contributed by atoms with Crippen molar-refractivity contribution >= 4 is 5.91 Å². The average Bonchev–Trinajstić information content (AvgIpc) is 2.98. The van der Waals surface area contributed by atoms with Gasteiger partial charge in [0.05, 0.1) is 24.5 Å². The topological polar surface area (TPSA) is 86.3 Å². The summed E-state index contributed by atoms with van der Waals surface area (Å²) in [6, 6.07) is 0.181. The number of likely N-dealkylation sites (N-methyl/N-ethyl adjacent to an activating group) is 1. The Bertz CT molecular complexity index is 386. The molecule has 2 rings (SSSR count). The van der Waals surface area contributed by atoms with Gasteiger partial charge in [-0.25, -0.2) is 4.68 Å². The molecular weight excluding hydrogens is 222 g/mol. The van der Waals surface area contributed by atoms with E-state index in [0.717, 1.165) is 13.0 Å². The van der Waals surface area contributed by atoms with Crippen molar-refractivity contribution in [3.05, 3.63) is 11.9 Å². The lowest BCUT2D eigenvalue weighted by Crippen LogP contribution is -2.39. The smallest absolute Gasteiger partial charge is 0.244 e. The monoisotopic (exact) mass is 239 g/mol. The van der Waals surface area contributed by atoms with Crippen molar-refractivity contribution in [2.75, 3.05) is 20.3 Å².